The number of carboxylic acids is 1. The zero-order chi connectivity index (χ0) is 18.8. The molecule has 0 saturated heterocycles. The topological polar surface area (TPSA) is 97.3 Å². The fraction of sp³-hybridized carbons (Fsp3) is 0.316. The summed E-state index contributed by atoms with van der Waals surface area (Å²) in [6.07, 6.45) is -1.000. The largest absolute Gasteiger partial charge is 0.491 e. The van der Waals surface area contributed by atoms with E-state index in [9.17, 15) is 9.90 Å². The highest BCUT2D eigenvalue weighted by atomic mass is 35.5. The number of aliphatic carboxylic acids is 1. The molecule has 148 valence electrons. The first kappa shape index (κ1) is 22.6. The van der Waals surface area contributed by atoms with Crippen molar-refractivity contribution in [1.82, 2.24) is 5.32 Å². The van der Waals surface area contributed by atoms with E-state index in [-0.39, 0.29) is 31.8 Å². The highest BCUT2D eigenvalue weighted by molar-refractivity contribution is 5.85. The van der Waals surface area contributed by atoms with E-state index in [1.807, 2.05) is 37.3 Å². The number of carboxylic acid groups (broad SMARTS) is 1. The number of rotatable bonds is 11. The fourth-order valence-electron chi connectivity index (χ4n) is 2.08. The summed E-state index contributed by atoms with van der Waals surface area (Å²) in [5.74, 6) is 0.732. The Kier molecular flexibility index (Phi) is 10.0. The van der Waals surface area contributed by atoms with Crippen LogP contribution in [0.25, 0.3) is 0 Å². The number of aliphatic hydroxyl groups is 1. The summed E-state index contributed by atoms with van der Waals surface area (Å²) in [5, 5.41) is 21.6. The molecule has 27 heavy (non-hydrogen) atoms. The Balaban J connectivity index is 0.00000364. The van der Waals surface area contributed by atoms with Crippen LogP contribution in [0.3, 0.4) is 0 Å². The number of ether oxygens (including phenoxy) is 3. The number of benzene rings is 2. The maximum Gasteiger partial charge on any atom is 0.341 e. The third-order valence-electron chi connectivity index (χ3n) is 3.33. The molecule has 0 heterocycles. The molecule has 2 rings (SSSR count). The van der Waals surface area contributed by atoms with Crippen molar-refractivity contribution in [1.29, 1.82) is 0 Å². The van der Waals surface area contributed by atoms with Crippen molar-refractivity contribution in [2.45, 2.75) is 19.3 Å². The van der Waals surface area contributed by atoms with Gasteiger partial charge in [0.2, 0.25) is 0 Å². The molecular weight excluding hydrogens is 374 g/mol. The Hall–Kier alpha value is -2.48. The highest BCUT2D eigenvalue weighted by Crippen LogP contribution is 2.18. The van der Waals surface area contributed by atoms with Gasteiger partial charge in [-0.05, 0) is 43.3 Å². The SMILES string of the molecule is CC(NCC(O)COc1ccccc1)Oc1ccc(OCC(=O)O)cc1.Cl. The molecule has 0 saturated carbocycles. The van der Waals surface area contributed by atoms with E-state index in [1.165, 1.54) is 0 Å². The molecule has 0 aromatic heterocycles. The Morgan fingerprint density at radius 3 is 2.22 bits per heavy atom. The maximum absolute atomic E-state index is 10.5. The van der Waals surface area contributed by atoms with Gasteiger partial charge in [0.25, 0.3) is 0 Å². The first-order valence-corrected chi connectivity index (χ1v) is 8.23. The van der Waals surface area contributed by atoms with Crippen molar-refractivity contribution in [3.8, 4) is 17.2 Å². The number of halogens is 1. The number of hydrogen-bond acceptors (Lipinski definition) is 6. The monoisotopic (exact) mass is 397 g/mol. The van der Waals surface area contributed by atoms with Gasteiger partial charge in [-0.3, -0.25) is 5.32 Å². The second kappa shape index (κ2) is 12.0. The average Bonchev–Trinajstić information content (AvgIpc) is 2.65. The second-order valence-electron chi connectivity index (χ2n) is 5.60. The number of hydrogen-bond donors (Lipinski definition) is 3. The Morgan fingerprint density at radius 1 is 1.00 bits per heavy atom. The summed E-state index contributed by atoms with van der Waals surface area (Å²) in [6, 6.07) is 15.9. The third kappa shape index (κ3) is 9.14. The lowest BCUT2D eigenvalue weighted by Crippen LogP contribution is -2.39. The van der Waals surface area contributed by atoms with Crippen LogP contribution in [0.5, 0.6) is 17.2 Å². The molecular formula is C19H24ClNO6. The minimum atomic E-state index is -1.03. The van der Waals surface area contributed by atoms with Crippen LogP contribution in [0.1, 0.15) is 6.92 Å². The molecule has 8 heteroatoms. The molecule has 2 aromatic rings. The minimum Gasteiger partial charge on any atom is -0.491 e. The van der Waals surface area contributed by atoms with Crippen LogP contribution >= 0.6 is 12.4 Å². The molecule has 0 spiro atoms. The molecule has 7 nitrogen and oxygen atoms in total. The molecule has 2 atom stereocenters. The summed E-state index contributed by atoms with van der Waals surface area (Å²) >= 11 is 0. The van der Waals surface area contributed by atoms with E-state index in [4.69, 9.17) is 19.3 Å². The predicted molar refractivity (Wildman–Crippen MR) is 103 cm³/mol. The summed E-state index contributed by atoms with van der Waals surface area (Å²) in [5.41, 5.74) is 0. The zero-order valence-corrected chi connectivity index (χ0v) is 15.7. The molecule has 0 bridgehead atoms. The smallest absolute Gasteiger partial charge is 0.341 e. The molecule has 0 aliphatic rings. The predicted octanol–water partition coefficient (Wildman–Crippen LogP) is 2.33. The number of aliphatic hydroxyl groups excluding tert-OH is 1. The van der Waals surface area contributed by atoms with Crippen molar-refractivity contribution in [2.75, 3.05) is 19.8 Å². The van der Waals surface area contributed by atoms with E-state index in [0.717, 1.165) is 0 Å². The molecule has 0 fully saturated rings. The summed E-state index contributed by atoms with van der Waals surface area (Å²) in [6.45, 7) is 1.92. The van der Waals surface area contributed by atoms with Crippen molar-refractivity contribution in [3.05, 3.63) is 54.6 Å². The third-order valence-corrected chi connectivity index (χ3v) is 3.33. The van der Waals surface area contributed by atoms with Gasteiger partial charge >= 0.3 is 5.97 Å². The van der Waals surface area contributed by atoms with Gasteiger partial charge in [-0.15, -0.1) is 12.4 Å². The second-order valence-corrected chi connectivity index (χ2v) is 5.60. The lowest BCUT2D eigenvalue weighted by molar-refractivity contribution is -0.139. The molecule has 0 amide bonds. The van der Waals surface area contributed by atoms with Crippen molar-refractivity contribution in [2.24, 2.45) is 0 Å². The quantitative estimate of drug-likeness (QED) is 0.500. The van der Waals surface area contributed by atoms with Crippen LogP contribution in [0.15, 0.2) is 54.6 Å². The van der Waals surface area contributed by atoms with Gasteiger partial charge in [-0.2, -0.15) is 0 Å². The van der Waals surface area contributed by atoms with Crippen LogP contribution in [0, 0.1) is 0 Å². The van der Waals surface area contributed by atoms with Crippen molar-refractivity contribution < 1.29 is 29.2 Å². The van der Waals surface area contributed by atoms with Crippen LogP contribution in [-0.2, 0) is 4.79 Å². The fourth-order valence-corrected chi connectivity index (χ4v) is 2.08. The lowest BCUT2D eigenvalue weighted by atomic mass is 10.3. The normalized spacial score (nSPS) is 12.4. The van der Waals surface area contributed by atoms with Crippen LogP contribution in [0.4, 0.5) is 0 Å². The minimum absolute atomic E-state index is 0. The maximum atomic E-state index is 10.5. The van der Waals surface area contributed by atoms with E-state index < -0.39 is 12.1 Å². The van der Waals surface area contributed by atoms with E-state index in [1.54, 1.807) is 24.3 Å². The molecule has 2 unspecified atom stereocenters. The first-order chi connectivity index (χ1) is 12.5. The summed E-state index contributed by atoms with van der Waals surface area (Å²) < 4.78 is 16.2. The van der Waals surface area contributed by atoms with Crippen molar-refractivity contribution in [3.63, 3.8) is 0 Å². The van der Waals surface area contributed by atoms with Crippen LogP contribution < -0.4 is 19.5 Å². The summed E-state index contributed by atoms with van der Waals surface area (Å²) in [7, 11) is 0. The Bertz CT molecular complexity index is 668. The highest BCUT2D eigenvalue weighted by Gasteiger charge is 2.09. The van der Waals surface area contributed by atoms with E-state index in [0.29, 0.717) is 23.8 Å². The molecule has 2 aromatic carbocycles. The van der Waals surface area contributed by atoms with Crippen molar-refractivity contribution >= 4 is 18.4 Å². The average molecular weight is 398 g/mol. The van der Waals surface area contributed by atoms with Gasteiger partial charge < -0.3 is 24.4 Å². The molecule has 0 aliphatic heterocycles. The molecule has 0 aliphatic carbocycles. The van der Waals surface area contributed by atoms with E-state index in [2.05, 4.69) is 5.32 Å². The standard InChI is InChI=1S/C19H23NO6.ClH/c1-14(20-11-15(21)12-24-16-5-3-2-4-6-16)26-18-9-7-17(8-10-18)25-13-19(22)23;/h2-10,14-15,20-21H,11-13H2,1H3,(H,22,23);1H. The number of carbonyl (C=O) groups is 1. The van der Waals surface area contributed by atoms with Crippen LogP contribution in [-0.4, -0.2) is 48.3 Å². The first-order valence-electron chi connectivity index (χ1n) is 8.23. The number of nitrogens with one attached hydrogen (secondary N) is 1. The Labute approximate surface area is 164 Å². The summed E-state index contributed by atoms with van der Waals surface area (Å²) in [4.78, 5) is 10.5. The number of para-hydroxylation sites is 1. The van der Waals surface area contributed by atoms with Gasteiger partial charge in [0.1, 0.15) is 36.2 Å². The lowest BCUT2D eigenvalue weighted by Gasteiger charge is -2.19. The molecule has 3 N–H and O–H groups in total. The van der Waals surface area contributed by atoms with Crippen LogP contribution in [0.2, 0.25) is 0 Å². The van der Waals surface area contributed by atoms with E-state index >= 15 is 0 Å². The van der Waals surface area contributed by atoms with Gasteiger partial charge in [0.05, 0.1) is 0 Å². The van der Waals surface area contributed by atoms with Gasteiger partial charge in [-0.25, -0.2) is 4.79 Å². The van der Waals surface area contributed by atoms with Gasteiger partial charge in [0.15, 0.2) is 6.61 Å². The Morgan fingerprint density at radius 2 is 1.59 bits per heavy atom. The van der Waals surface area contributed by atoms with Gasteiger partial charge in [-0.1, -0.05) is 18.2 Å². The van der Waals surface area contributed by atoms with Gasteiger partial charge in [0, 0.05) is 6.54 Å². The molecule has 0 radical (unpaired) electrons. The zero-order valence-electron chi connectivity index (χ0n) is 14.9.